The van der Waals surface area contributed by atoms with Crippen LogP contribution >= 0.6 is 0 Å². The first-order valence-corrected chi connectivity index (χ1v) is 9.19. The van der Waals surface area contributed by atoms with Crippen molar-refractivity contribution >= 4 is 5.91 Å². The highest BCUT2D eigenvalue weighted by Gasteiger charge is 2.35. The molecular weight excluding hydrogens is 326 g/mol. The van der Waals surface area contributed by atoms with Crippen LogP contribution in [0, 0.1) is 0 Å². The zero-order valence-electron chi connectivity index (χ0n) is 15.2. The molecule has 1 saturated heterocycles. The Kier molecular flexibility index (Phi) is 6.26. The summed E-state index contributed by atoms with van der Waals surface area (Å²) in [5, 5.41) is 2.92. The average molecular weight is 353 g/mol. The molecule has 3 rings (SSSR count). The standard InChI is InChI=1S/C21H27N3O2/c1-2-23-21(25)19-12-18(22)14-24(19)13-17-10-6-7-11-20(17)26-15-16-8-4-3-5-9-16/h3-11,18-19H,2,12-15,22H2,1H3,(H,23,25)/t18-,19-/m0/s1. The summed E-state index contributed by atoms with van der Waals surface area (Å²) in [6, 6.07) is 18.0. The Balaban J connectivity index is 1.70. The summed E-state index contributed by atoms with van der Waals surface area (Å²) in [5.41, 5.74) is 8.33. The van der Waals surface area contributed by atoms with E-state index < -0.39 is 0 Å². The van der Waals surface area contributed by atoms with Crippen molar-refractivity contribution in [2.45, 2.75) is 38.6 Å². The van der Waals surface area contributed by atoms with E-state index in [9.17, 15) is 4.79 Å². The fourth-order valence-electron chi connectivity index (χ4n) is 3.41. The highest BCUT2D eigenvalue weighted by Crippen LogP contribution is 2.25. The number of rotatable bonds is 7. The van der Waals surface area contributed by atoms with Crippen LogP contribution in [0.2, 0.25) is 0 Å². The van der Waals surface area contributed by atoms with Gasteiger partial charge in [-0.15, -0.1) is 0 Å². The Labute approximate surface area is 155 Å². The Hall–Kier alpha value is -2.37. The van der Waals surface area contributed by atoms with E-state index >= 15 is 0 Å². The smallest absolute Gasteiger partial charge is 0.237 e. The molecule has 1 aliphatic heterocycles. The van der Waals surface area contributed by atoms with Crippen LogP contribution in [0.15, 0.2) is 54.6 Å². The Morgan fingerprint density at radius 2 is 1.92 bits per heavy atom. The molecule has 1 amide bonds. The lowest BCUT2D eigenvalue weighted by molar-refractivity contribution is -0.125. The topological polar surface area (TPSA) is 67.6 Å². The van der Waals surface area contributed by atoms with Crippen molar-refractivity contribution < 1.29 is 9.53 Å². The molecule has 1 aliphatic rings. The predicted octanol–water partition coefficient (Wildman–Crippen LogP) is 2.30. The third kappa shape index (κ3) is 4.62. The van der Waals surface area contributed by atoms with Crippen LogP contribution in [0.5, 0.6) is 5.75 Å². The maximum atomic E-state index is 12.3. The van der Waals surface area contributed by atoms with E-state index in [4.69, 9.17) is 10.5 Å². The van der Waals surface area contributed by atoms with E-state index in [0.29, 0.717) is 26.1 Å². The fraction of sp³-hybridized carbons (Fsp3) is 0.381. The van der Waals surface area contributed by atoms with E-state index in [1.54, 1.807) is 0 Å². The molecule has 2 atom stereocenters. The second-order valence-corrected chi connectivity index (χ2v) is 6.72. The minimum absolute atomic E-state index is 0.0278. The molecule has 0 spiro atoms. The molecule has 5 heteroatoms. The lowest BCUT2D eigenvalue weighted by Gasteiger charge is -2.24. The van der Waals surface area contributed by atoms with Crippen molar-refractivity contribution in [3.63, 3.8) is 0 Å². The first-order valence-electron chi connectivity index (χ1n) is 9.19. The summed E-state index contributed by atoms with van der Waals surface area (Å²) >= 11 is 0. The molecule has 1 heterocycles. The zero-order valence-corrected chi connectivity index (χ0v) is 15.2. The normalized spacial score (nSPS) is 20.1. The van der Waals surface area contributed by atoms with E-state index in [0.717, 1.165) is 23.4 Å². The molecule has 26 heavy (non-hydrogen) atoms. The number of carbonyl (C=O) groups is 1. The molecule has 0 aromatic heterocycles. The average Bonchev–Trinajstić information content (AvgIpc) is 3.02. The maximum Gasteiger partial charge on any atom is 0.237 e. The summed E-state index contributed by atoms with van der Waals surface area (Å²) in [5.74, 6) is 0.912. The number of likely N-dealkylation sites (tertiary alicyclic amines) is 1. The first kappa shape index (κ1) is 18.4. The van der Waals surface area contributed by atoms with E-state index in [1.165, 1.54) is 0 Å². The van der Waals surface area contributed by atoms with Gasteiger partial charge in [0, 0.05) is 31.2 Å². The quantitative estimate of drug-likeness (QED) is 0.801. The molecule has 0 unspecified atom stereocenters. The van der Waals surface area contributed by atoms with Crippen LogP contribution in [0.3, 0.4) is 0 Å². The minimum atomic E-state index is -0.174. The molecule has 138 valence electrons. The number of amides is 1. The summed E-state index contributed by atoms with van der Waals surface area (Å²) in [6.45, 7) is 4.46. The van der Waals surface area contributed by atoms with Crippen molar-refractivity contribution in [3.8, 4) is 5.75 Å². The SMILES string of the molecule is CCNC(=O)[C@@H]1C[C@H](N)CN1Cc1ccccc1OCc1ccccc1. The van der Waals surface area contributed by atoms with Crippen LogP contribution in [-0.2, 0) is 17.9 Å². The monoisotopic (exact) mass is 353 g/mol. The van der Waals surface area contributed by atoms with Gasteiger partial charge in [-0.1, -0.05) is 48.5 Å². The summed E-state index contributed by atoms with van der Waals surface area (Å²) in [4.78, 5) is 14.5. The van der Waals surface area contributed by atoms with Crippen molar-refractivity contribution in [1.29, 1.82) is 0 Å². The van der Waals surface area contributed by atoms with Crippen molar-refractivity contribution in [2.75, 3.05) is 13.1 Å². The molecule has 3 N–H and O–H groups in total. The minimum Gasteiger partial charge on any atom is -0.489 e. The Bertz CT molecular complexity index is 720. The van der Waals surface area contributed by atoms with E-state index in [1.807, 2.05) is 55.5 Å². The van der Waals surface area contributed by atoms with Gasteiger partial charge in [-0.2, -0.15) is 0 Å². The van der Waals surface area contributed by atoms with Crippen LogP contribution in [0.1, 0.15) is 24.5 Å². The highest BCUT2D eigenvalue weighted by molar-refractivity contribution is 5.82. The maximum absolute atomic E-state index is 12.3. The lowest BCUT2D eigenvalue weighted by atomic mass is 10.1. The number of nitrogens with two attached hydrogens (primary N) is 1. The van der Waals surface area contributed by atoms with Gasteiger partial charge in [-0.05, 0) is 25.0 Å². The van der Waals surface area contributed by atoms with Gasteiger partial charge < -0.3 is 15.8 Å². The van der Waals surface area contributed by atoms with Gasteiger partial charge in [0.2, 0.25) is 5.91 Å². The molecule has 5 nitrogen and oxygen atoms in total. The molecule has 0 bridgehead atoms. The number of hydrogen-bond acceptors (Lipinski definition) is 4. The van der Waals surface area contributed by atoms with Gasteiger partial charge in [-0.3, -0.25) is 9.69 Å². The van der Waals surface area contributed by atoms with Gasteiger partial charge in [0.15, 0.2) is 0 Å². The first-order chi connectivity index (χ1) is 12.7. The van der Waals surface area contributed by atoms with Crippen LogP contribution in [0.4, 0.5) is 0 Å². The van der Waals surface area contributed by atoms with Crippen molar-refractivity contribution in [2.24, 2.45) is 5.73 Å². The molecule has 0 saturated carbocycles. The Morgan fingerprint density at radius 3 is 2.69 bits per heavy atom. The van der Waals surface area contributed by atoms with Crippen LogP contribution in [-0.4, -0.2) is 36.0 Å². The highest BCUT2D eigenvalue weighted by atomic mass is 16.5. The van der Waals surface area contributed by atoms with Gasteiger partial charge in [0.1, 0.15) is 12.4 Å². The van der Waals surface area contributed by atoms with Gasteiger partial charge >= 0.3 is 0 Å². The molecule has 2 aromatic carbocycles. The number of para-hydroxylation sites is 1. The van der Waals surface area contributed by atoms with E-state index in [-0.39, 0.29) is 18.0 Å². The summed E-state index contributed by atoms with van der Waals surface area (Å²) in [7, 11) is 0. The van der Waals surface area contributed by atoms with E-state index in [2.05, 4.69) is 16.3 Å². The molecule has 0 radical (unpaired) electrons. The fourth-order valence-corrected chi connectivity index (χ4v) is 3.41. The largest absolute Gasteiger partial charge is 0.489 e. The zero-order chi connectivity index (χ0) is 18.4. The Morgan fingerprint density at radius 1 is 1.19 bits per heavy atom. The number of ether oxygens (including phenoxy) is 1. The number of hydrogen-bond donors (Lipinski definition) is 2. The van der Waals surface area contributed by atoms with Gasteiger partial charge in [-0.25, -0.2) is 0 Å². The number of benzene rings is 2. The number of likely N-dealkylation sites (N-methyl/N-ethyl adjacent to an activating group) is 1. The molecule has 1 fully saturated rings. The van der Waals surface area contributed by atoms with Crippen LogP contribution < -0.4 is 15.8 Å². The molecular formula is C21H27N3O2. The van der Waals surface area contributed by atoms with Crippen molar-refractivity contribution in [1.82, 2.24) is 10.2 Å². The predicted molar refractivity (Wildman–Crippen MR) is 103 cm³/mol. The van der Waals surface area contributed by atoms with Crippen LogP contribution in [0.25, 0.3) is 0 Å². The van der Waals surface area contributed by atoms with Gasteiger partial charge in [0.05, 0.1) is 6.04 Å². The number of carbonyl (C=O) groups excluding carboxylic acids is 1. The third-order valence-corrected chi connectivity index (χ3v) is 4.67. The summed E-state index contributed by atoms with van der Waals surface area (Å²) < 4.78 is 6.05. The van der Waals surface area contributed by atoms with Gasteiger partial charge in [0.25, 0.3) is 0 Å². The number of nitrogens with zero attached hydrogens (tertiary/aromatic N) is 1. The lowest BCUT2D eigenvalue weighted by Crippen LogP contribution is -2.42. The molecule has 2 aromatic rings. The summed E-state index contributed by atoms with van der Waals surface area (Å²) in [6.07, 6.45) is 0.693. The third-order valence-electron chi connectivity index (χ3n) is 4.67. The number of nitrogens with one attached hydrogen (secondary N) is 1. The van der Waals surface area contributed by atoms with Crippen molar-refractivity contribution in [3.05, 3.63) is 65.7 Å². The second-order valence-electron chi connectivity index (χ2n) is 6.72. The second kappa shape index (κ2) is 8.83. The molecule has 0 aliphatic carbocycles.